The average Bonchev–Trinajstić information content (AvgIpc) is 3.43. The summed E-state index contributed by atoms with van der Waals surface area (Å²) in [5.41, 5.74) is 8.16. The SMILES string of the molecule is CCn1c(CN(C=O)c2nc(Br)cnc2N)[n+](CC)c2ccc(C(=O)N[C@@H]3CCOC3=O)cc21.O=C[O-]. The minimum Gasteiger partial charge on any atom is -0.554 e. The van der Waals surface area contributed by atoms with E-state index in [1.54, 1.807) is 12.1 Å². The van der Waals surface area contributed by atoms with Gasteiger partial charge in [0.25, 0.3) is 11.7 Å². The molecule has 0 aliphatic carbocycles. The number of nitrogens with zero attached hydrogens (tertiary/aromatic N) is 5. The number of rotatable bonds is 8. The second kappa shape index (κ2) is 12.3. The quantitative estimate of drug-likeness (QED) is 0.207. The molecule has 1 atom stereocenters. The maximum atomic E-state index is 12.8. The standard InChI is InChI=1S/C22H24BrN7O4.CH2O2/c1-3-29-15-6-5-13(21(32)26-14-7-8-34-22(14)33)9-16(15)30(4-2)18(29)11-28(12-31)20-19(24)25-10-17(23)27-20;2-1-3/h5-6,9-10,12,14H,3-4,7-8,11H2,1-2H3,(H2-,24,25,26,32);1H,(H,2,3)/t14-;/m1./s1. The summed E-state index contributed by atoms with van der Waals surface area (Å²) in [6.45, 7) is 5.25. The third-order valence-electron chi connectivity index (χ3n) is 5.78. The van der Waals surface area contributed by atoms with E-state index in [9.17, 15) is 14.4 Å². The number of halogens is 1. The number of amides is 2. The molecule has 1 saturated heterocycles. The van der Waals surface area contributed by atoms with E-state index in [0.717, 1.165) is 16.9 Å². The minimum absolute atomic E-state index is 0.141. The summed E-state index contributed by atoms with van der Waals surface area (Å²) in [6, 6.07) is 4.76. The molecule has 1 aromatic carbocycles. The predicted octanol–water partition coefficient (Wildman–Crippen LogP) is -0.322. The number of imidazole rings is 1. The molecule has 0 spiro atoms. The number of carbonyl (C=O) groups is 4. The number of nitrogens with two attached hydrogens (primary N) is 1. The summed E-state index contributed by atoms with van der Waals surface area (Å²) in [5.74, 6) is 0.475. The van der Waals surface area contributed by atoms with E-state index in [1.165, 1.54) is 11.1 Å². The lowest BCUT2D eigenvalue weighted by Crippen LogP contribution is -2.40. The van der Waals surface area contributed by atoms with Gasteiger partial charge in [-0.05, 0) is 41.9 Å². The lowest BCUT2D eigenvalue weighted by Gasteiger charge is -2.16. The fraction of sp³-hybridized carbons (Fsp3) is 0.348. The van der Waals surface area contributed by atoms with E-state index in [4.69, 9.17) is 20.4 Å². The molecule has 0 unspecified atom stereocenters. The molecule has 4 rings (SSSR count). The van der Waals surface area contributed by atoms with Gasteiger partial charge in [0, 0.05) is 24.5 Å². The van der Waals surface area contributed by atoms with Gasteiger partial charge in [-0.2, -0.15) is 0 Å². The van der Waals surface area contributed by atoms with Gasteiger partial charge in [0.15, 0.2) is 22.7 Å². The number of carbonyl (C=O) groups excluding carboxylic acids is 4. The number of ether oxygens (including phenoxy) is 1. The Morgan fingerprint density at radius 3 is 2.73 bits per heavy atom. The molecule has 37 heavy (non-hydrogen) atoms. The Morgan fingerprint density at radius 1 is 1.41 bits per heavy atom. The van der Waals surface area contributed by atoms with Crippen molar-refractivity contribution in [1.29, 1.82) is 0 Å². The van der Waals surface area contributed by atoms with E-state index in [0.29, 0.717) is 42.7 Å². The van der Waals surface area contributed by atoms with Gasteiger partial charge < -0.3 is 25.7 Å². The molecule has 3 heterocycles. The predicted molar refractivity (Wildman–Crippen MR) is 133 cm³/mol. The monoisotopic (exact) mass is 575 g/mol. The number of anilines is 2. The molecule has 0 saturated carbocycles. The van der Waals surface area contributed by atoms with E-state index in [1.807, 2.05) is 24.5 Å². The van der Waals surface area contributed by atoms with Crippen LogP contribution in [0.2, 0.25) is 0 Å². The normalized spacial score (nSPS) is 14.5. The van der Waals surface area contributed by atoms with Crippen molar-refractivity contribution >= 4 is 63.4 Å². The first-order chi connectivity index (χ1) is 17.8. The van der Waals surface area contributed by atoms with Crippen LogP contribution in [-0.4, -0.2) is 51.9 Å². The summed E-state index contributed by atoms with van der Waals surface area (Å²) in [4.78, 5) is 54.6. The molecule has 1 fully saturated rings. The number of benzene rings is 1. The summed E-state index contributed by atoms with van der Waals surface area (Å²) < 4.78 is 9.51. The Labute approximate surface area is 220 Å². The van der Waals surface area contributed by atoms with Gasteiger partial charge in [0.1, 0.15) is 17.2 Å². The van der Waals surface area contributed by atoms with Crippen LogP contribution in [0.15, 0.2) is 29.0 Å². The maximum absolute atomic E-state index is 12.8. The Morgan fingerprint density at radius 2 is 2.14 bits per heavy atom. The fourth-order valence-corrected chi connectivity index (χ4v) is 4.44. The summed E-state index contributed by atoms with van der Waals surface area (Å²) in [6.07, 6.45) is 2.60. The van der Waals surface area contributed by atoms with Gasteiger partial charge in [-0.3, -0.25) is 14.5 Å². The number of cyclic esters (lactones) is 1. The molecule has 1 aliphatic rings. The first-order valence-corrected chi connectivity index (χ1v) is 12.2. The lowest BCUT2D eigenvalue weighted by molar-refractivity contribution is -0.676. The van der Waals surface area contributed by atoms with Crippen molar-refractivity contribution < 1.29 is 33.6 Å². The highest BCUT2D eigenvalue weighted by Crippen LogP contribution is 2.23. The van der Waals surface area contributed by atoms with Crippen LogP contribution in [0.3, 0.4) is 0 Å². The molecule has 3 aromatic rings. The van der Waals surface area contributed by atoms with Crippen molar-refractivity contribution in [2.24, 2.45) is 0 Å². The molecule has 2 aromatic heterocycles. The molecule has 14 heteroatoms. The highest BCUT2D eigenvalue weighted by atomic mass is 79.9. The van der Waals surface area contributed by atoms with Crippen molar-refractivity contribution in [3.63, 3.8) is 0 Å². The van der Waals surface area contributed by atoms with E-state index in [-0.39, 0.29) is 24.1 Å². The number of nitrogens with one attached hydrogen (secondary N) is 1. The van der Waals surface area contributed by atoms with Crippen LogP contribution in [0.4, 0.5) is 11.6 Å². The number of fused-ring (bicyclic) bond motifs is 1. The molecule has 3 N–H and O–H groups in total. The highest BCUT2D eigenvalue weighted by molar-refractivity contribution is 9.10. The van der Waals surface area contributed by atoms with E-state index >= 15 is 0 Å². The molecule has 0 radical (unpaired) electrons. The molecule has 196 valence electrons. The van der Waals surface area contributed by atoms with Crippen LogP contribution in [0.5, 0.6) is 0 Å². The summed E-state index contributed by atoms with van der Waals surface area (Å²) in [7, 11) is 0. The molecule has 13 nitrogen and oxygen atoms in total. The molecular weight excluding hydrogens is 550 g/mol. The zero-order valence-corrected chi connectivity index (χ0v) is 21.8. The number of aromatic nitrogens is 4. The van der Waals surface area contributed by atoms with Crippen LogP contribution in [0.1, 0.15) is 36.5 Å². The smallest absolute Gasteiger partial charge is 0.328 e. The Balaban J connectivity index is 0.00000121. The van der Waals surface area contributed by atoms with Crippen LogP contribution in [0.25, 0.3) is 11.0 Å². The molecule has 0 bridgehead atoms. The van der Waals surface area contributed by atoms with Gasteiger partial charge in [0.05, 0.1) is 25.9 Å². The fourth-order valence-electron chi connectivity index (χ4n) is 4.17. The maximum Gasteiger partial charge on any atom is 0.328 e. The lowest BCUT2D eigenvalue weighted by atomic mass is 10.1. The number of hydrogen-bond acceptors (Lipinski definition) is 9. The summed E-state index contributed by atoms with van der Waals surface area (Å²) >= 11 is 3.27. The number of esters is 1. The largest absolute Gasteiger partial charge is 0.554 e. The van der Waals surface area contributed by atoms with Gasteiger partial charge in [-0.1, -0.05) is 0 Å². The number of hydrogen-bond donors (Lipinski definition) is 2. The van der Waals surface area contributed by atoms with Crippen molar-refractivity contribution in [2.75, 3.05) is 17.2 Å². The van der Waals surface area contributed by atoms with Crippen molar-refractivity contribution in [3.05, 3.63) is 40.4 Å². The highest BCUT2D eigenvalue weighted by Gasteiger charge is 2.30. The van der Waals surface area contributed by atoms with Crippen molar-refractivity contribution in [3.8, 4) is 0 Å². The zero-order valence-electron chi connectivity index (χ0n) is 20.2. The van der Waals surface area contributed by atoms with Gasteiger partial charge in [0.2, 0.25) is 6.41 Å². The van der Waals surface area contributed by atoms with Gasteiger partial charge in [-0.25, -0.2) is 23.9 Å². The van der Waals surface area contributed by atoms with E-state index < -0.39 is 18.5 Å². The second-order valence-corrected chi connectivity index (χ2v) is 8.63. The first-order valence-electron chi connectivity index (χ1n) is 11.4. The van der Waals surface area contributed by atoms with Crippen LogP contribution in [0, 0.1) is 0 Å². The second-order valence-electron chi connectivity index (χ2n) is 7.82. The summed E-state index contributed by atoms with van der Waals surface area (Å²) in [5, 5.41) is 11.0. The third kappa shape index (κ3) is 5.85. The van der Waals surface area contributed by atoms with E-state index in [2.05, 4.69) is 35.8 Å². The van der Waals surface area contributed by atoms with Crippen LogP contribution < -0.4 is 25.6 Å². The number of aryl methyl sites for hydroxylation is 2. The molecule has 2 amide bonds. The van der Waals surface area contributed by atoms with Gasteiger partial charge >= 0.3 is 5.97 Å². The number of nitrogen functional groups attached to an aromatic ring is 1. The Bertz CT molecular complexity index is 1330. The van der Waals surface area contributed by atoms with Gasteiger partial charge in [-0.15, -0.1) is 0 Å². The zero-order chi connectivity index (χ0) is 27.1. The topological polar surface area (TPSA) is 176 Å². The number of carboxylic acid groups (broad SMARTS) is 1. The molecule has 1 aliphatic heterocycles. The van der Waals surface area contributed by atoms with Crippen LogP contribution >= 0.6 is 15.9 Å². The van der Waals surface area contributed by atoms with Crippen molar-refractivity contribution in [1.82, 2.24) is 19.9 Å². The van der Waals surface area contributed by atoms with Crippen LogP contribution in [-0.2, 0) is 38.8 Å². The third-order valence-corrected chi connectivity index (χ3v) is 6.16. The minimum atomic E-state index is -0.629. The molecular formula is C23H26BrN7O6. The average molecular weight is 576 g/mol. The van der Waals surface area contributed by atoms with Crippen molar-refractivity contribution in [2.45, 2.75) is 45.9 Å². The Kier molecular flexibility index (Phi) is 9.11. The Hall–Kier alpha value is -4.07. The first kappa shape index (κ1) is 27.5.